The highest BCUT2D eigenvalue weighted by atomic mass is 32.1. The Kier molecular flexibility index (Phi) is 4.14. The van der Waals surface area contributed by atoms with Crippen molar-refractivity contribution in [1.29, 1.82) is 0 Å². The highest BCUT2D eigenvalue weighted by Crippen LogP contribution is 2.63. The van der Waals surface area contributed by atoms with Crippen molar-refractivity contribution in [3.63, 3.8) is 0 Å². The van der Waals surface area contributed by atoms with E-state index < -0.39 is 34.7 Å². The molecule has 0 saturated heterocycles. The van der Waals surface area contributed by atoms with Crippen molar-refractivity contribution in [3.8, 4) is 16.2 Å². The van der Waals surface area contributed by atoms with E-state index in [4.69, 9.17) is 4.74 Å². The van der Waals surface area contributed by atoms with Crippen LogP contribution in [0, 0.1) is 6.92 Å². The van der Waals surface area contributed by atoms with E-state index in [0.29, 0.717) is 16.2 Å². The number of methoxy groups -OCH3 is 1. The molecule has 0 spiro atoms. The highest BCUT2D eigenvalue weighted by molar-refractivity contribution is 7.15. The van der Waals surface area contributed by atoms with Crippen LogP contribution in [0.2, 0.25) is 0 Å². The molecule has 1 nitrogen and oxygen atoms in total. The van der Waals surface area contributed by atoms with E-state index in [2.05, 4.69) is 0 Å². The number of allylic oxidation sites excluding steroid dienone is 2. The quantitative estimate of drug-likeness (QED) is 0.551. The molecule has 140 valence electrons. The maximum Gasteiger partial charge on any atom is 0.383 e. The van der Waals surface area contributed by atoms with Gasteiger partial charge >= 0.3 is 17.8 Å². The molecule has 0 saturated carbocycles. The van der Waals surface area contributed by atoms with Gasteiger partial charge in [0, 0.05) is 15.3 Å². The number of halogens is 7. The third kappa shape index (κ3) is 2.36. The summed E-state index contributed by atoms with van der Waals surface area (Å²) in [6.07, 6.45) is 0. The molecule has 0 bridgehead atoms. The number of benzene rings is 1. The van der Waals surface area contributed by atoms with Gasteiger partial charge in [0.15, 0.2) is 5.83 Å². The highest BCUT2D eigenvalue weighted by Gasteiger charge is 2.81. The summed E-state index contributed by atoms with van der Waals surface area (Å²) in [4.78, 5) is 0.365. The Morgan fingerprint density at radius 1 is 0.923 bits per heavy atom. The first-order chi connectivity index (χ1) is 11.9. The summed E-state index contributed by atoms with van der Waals surface area (Å²) in [6, 6.07) is 7.33. The topological polar surface area (TPSA) is 9.23 Å². The summed E-state index contributed by atoms with van der Waals surface area (Å²) in [5, 5.41) is 0. The first-order valence-electron chi connectivity index (χ1n) is 7.24. The Balaban J connectivity index is 2.13. The van der Waals surface area contributed by atoms with Crippen molar-refractivity contribution in [2.75, 3.05) is 7.11 Å². The second kappa shape index (κ2) is 5.73. The molecule has 1 aromatic carbocycles. The fourth-order valence-electron chi connectivity index (χ4n) is 2.70. The van der Waals surface area contributed by atoms with Crippen LogP contribution >= 0.6 is 11.3 Å². The molecule has 0 unspecified atom stereocenters. The van der Waals surface area contributed by atoms with Crippen LogP contribution in [0.15, 0.2) is 36.2 Å². The lowest BCUT2D eigenvalue weighted by Gasteiger charge is -2.24. The molecule has 0 amide bonds. The van der Waals surface area contributed by atoms with E-state index >= 15 is 0 Å². The lowest BCUT2D eigenvalue weighted by atomic mass is 10.0. The van der Waals surface area contributed by atoms with Gasteiger partial charge in [-0.3, -0.25) is 0 Å². The molecule has 3 rings (SSSR count). The van der Waals surface area contributed by atoms with E-state index in [9.17, 15) is 30.7 Å². The minimum Gasteiger partial charge on any atom is -0.497 e. The number of hydrogen-bond donors (Lipinski definition) is 0. The minimum absolute atomic E-state index is 0.0224. The van der Waals surface area contributed by atoms with Crippen LogP contribution < -0.4 is 4.74 Å². The Labute approximate surface area is 147 Å². The van der Waals surface area contributed by atoms with Gasteiger partial charge in [0.2, 0.25) is 0 Å². The van der Waals surface area contributed by atoms with Gasteiger partial charge in [-0.15, -0.1) is 11.3 Å². The van der Waals surface area contributed by atoms with Crippen LogP contribution in [0.25, 0.3) is 16.0 Å². The molecule has 1 aliphatic rings. The van der Waals surface area contributed by atoms with Gasteiger partial charge in [0.25, 0.3) is 0 Å². The second-order valence-corrected chi connectivity index (χ2v) is 6.98. The van der Waals surface area contributed by atoms with Crippen LogP contribution in [0.5, 0.6) is 5.75 Å². The molecule has 26 heavy (non-hydrogen) atoms. The lowest BCUT2D eigenvalue weighted by Crippen LogP contribution is -2.48. The van der Waals surface area contributed by atoms with E-state index in [-0.39, 0.29) is 4.88 Å². The third-order valence-corrected chi connectivity index (χ3v) is 5.26. The van der Waals surface area contributed by atoms with Crippen molar-refractivity contribution in [1.82, 2.24) is 0 Å². The zero-order chi connectivity index (χ0) is 19.5. The van der Waals surface area contributed by atoms with Crippen LogP contribution in [0.1, 0.15) is 10.4 Å². The van der Waals surface area contributed by atoms with Crippen molar-refractivity contribution in [2.24, 2.45) is 0 Å². The Hall–Kier alpha value is -2.03. The predicted molar refractivity (Wildman–Crippen MR) is 83.9 cm³/mol. The molecule has 1 aromatic heterocycles. The average molecular weight is 396 g/mol. The van der Waals surface area contributed by atoms with E-state index in [1.54, 1.807) is 24.3 Å². The molecule has 0 atom stereocenters. The standard InChI is InChI=1S/C17H11F7OS/c1-8-11(7-12(26-8)9-3-5-10(25-2)6-4-9)13-14(18)16(21,22)17(23,24)15(13,19)20/h3-7H,1-2H3. The molecular formula is C17H11F7OS. The SMILES string of the molecule is COc1ccc(-c2cc(C3=C(F)C(F)(F)C(F)(F)C3(F)F)c(C)s2)cc1. The Bertz CT molecular complexity index is 881. The molecule has 1 heterocycles. The van der Waals surface area contributed by atoms with Crippen molar-refractivity contribution in [3.05, 3.63) is 46.6 Å². The van der Waals surface area contributed by atoms with Gasteiger partial charge in [-0.25, -0.2) is 4.39 Å². The van der Waals surface area contributed by atoms with Crippen LogP contribution in [-0.4, -0.2) is 24.9 Å². The van der Waals surface area contributed by atoms with Gasteiger partial charge in [0.05, 0.1) is 12.7 Å². The zero-order valence-corrected chi connectivity index (χ0v) is 14.2. The monoisotopic (exact) mass is 396 g/mol. The molecule has 0 fully saturated rings. The van der Waals surface area contributed by atoms with Gasteiger partial charge in [-0.2, -0.15) is 26.3 Å². The lowest BCUT2D eigenvalue weighted by molar-refractivity contribution is -0.263. The number of alkyl halides is 6. The molecule has 0 N–H and O–H groups in total. The van der Waals surface area contributed by atoms with Gasteiger partial charge < -0.3 is 4.74 Å². The maximum absolute atomic E-state index is 14.0. The number of hydrogen-bond acceptors (Lipinski definition) is 2. The zero-order valence-electron chi connectivity index (χ0n) is 13.3. The van der Waals surface area contributed by atoms with E-state index in [0.717, 1.165) is 17.4 Å². The van der Waals surface area contributed by atoms with Gasteiger partial charge in [0.1, 0.15) is 5.75 Å². The summed E-state index contributed by atoms with van der Waals surface area (Å²) < 4.78 is 101. The van der Waals surface area contributed by atoms with Crippen molar-refractivity contribution < 1.29 is 35.5 Å². The second-order valence-electron chi connectivity index (χ2n) is 5.72. The van der Waals surface area contributed by atoms with E-state index in [1.807, 2.05) is 0 Å². The number of aryl methyl sites for hydroxylation is 1. The summed E-state index contributed by atoms with van der Waals surface area (Å²) >= 11 is 0.906. The van der Waals surface area contributed by atoms with Crippen LogP contribution in [0.3, 0.4) is 0 Å². The number of thiophene rings is 1. The molecule has 0 radical (unpaired) electrons. The van der Waals surface area contributed by atoms with Crippen LogP contribution in [-0.2, 0) is 0 Å². The first kappa shape index (κ1) is 18.8. The molecule has 0 aliphatic heterocycles. The third-order valence-electron chi connectivity index (χ3n) is 4.16. The van der Waals surface area contributed by atoms with Crippen molar-refractivity contribution in [2.45, 2.75) is 24.7 Å². The van der Waals surface area contributed by atoms with E-state index in [1.165, 1.54) is 14.0 Å². The van der Waals surface area contributed by atoms with Gasteiger partial charge in [-0.1, -0.05) is 0 Å². The predicted octanol–water partition coefficient (Wildman–Crippen LogP) is 6.33. The normalized spacial score (nSPS) is 20.5. The van der Waals surface area contributed by atoms with Gasteiger partial charge in [-0.05, 0) is 42.8 Å². The fourth-order valence-corrected chi connectivity index (χ4v) is 3.73. The largest absolute Gasteiger partial charge is 0.497 e. The average Bonchev–Trinajstić information content (AvgIpc) is 2.99. The fraction of sp³-hybridized carbons (Fsp3) is 0.294. The minimum atomic E-state index is -5.84. The molecule has 2 aromatic rings. The summed E-state index contributed by atoms with van der Waals surface area (Å²) in [7, 11) is 1.44. The van der Waals surface area contributed by atoms with Crippen molar-refractivity contribution >= 4 is 16.9 Å². The Morgan fingerprint density at radius 2 is 1.50 bits per heavy atom. The molecule has 9 heteroatoms. The maximum atomic E-state index is 14.0. The smallest absolute Gasteiger partial charge is 0.383 e. The Morgan fingerprint density at radius 3 is 1.96 bits per heavy atom. The first-order valence-corrected chi connectivity index (χ1v) is 8.06. The summed E-state index contributed by atoms with van der Waals surface area (Å²) in [6.45, 7) is 1.28. The van der Waals surface area contributed by atoms with Crippen LogP contribution in [0.4, 0.5) is 30.7 Å². The number of rotatable bonds is 3. The number of ether oxygens (including phenoxy) is 1. The molecule has 1 aliphatic carbocycles. The summed E-state index contributed by atoms with van der Waals surface area (Å²) in [5.74, 6) is -19.0. The molecular weight excluding hydrogens is 385 g/mol. The summed E-state index contributed by atoms with van der Waals surface area (Å²) in [5.41, 5.74) is -2.09.